The van der Waals surface area contributed by atoms with Crippen molar-refractivity contribution in [3.8, 4) is 0 Å². The van der Waals surface area contributed by atoms with Crippen LogP contribution in [-0.2, 0) is 23.8 Å². The zero-order chi connectivity index (χ0) is 18.6. The second-order valence-electron chi connectivity index (χ2n) is 5.92. The molecule has 0 amide bonds. The first kappa shape index (κ1) is 18.7. The molecular formula is C18H21NO6. The quantitative estimate of drug-likeness (QED) is 0.366. The predicted molar refractivity (Wildman–Crippen MR) is 89.8 cm³/mol. The molecule has 1 saturated heterocycles. The molecule has 0 spiro atoms. The minimum atomic E-state index is -1.27. The number of hydrogen-bond donors (Lipinski definition) is 1. The lowest BCUT2D eigenvalue weighted by Crippen LogP contribution is -2.42. The summed E-state index contributed by atoms with van der Waals surface area (Å²) in [4.78, 5) is 35.8. The van der Waals surface area contributed by atoms with Gasteiger partial charge in [0.2, 0.25) is 0 Å². The number of cyclic esters (lactones) is 2. The van der Waals surface area contributed by atoms with Crippen LogP contribution in [0.4, 0.5) is 5.69 Å². The topological polar surface area (TPSA) is 90.9 Å². The van der Waals surface area contributed by atoms with Crippen molar-refractivity contribution < 1.29 is 28.6 Å². The first-order chi connectivity index (χ1) is 11.7. The number of carbonyl (C=O) groups is 3. The summed E-state index contributed by atoms with van der Waals surface area (Å²) in [5.74, 6) is -2.91. The van der Waals surface area contributed by atoms with Crippen LogP contribution in [-0.4, -0.2) is 36.2 Å². The standard InChI is InChI=1S/C18H21NO6/c1-5-23-11(2)15(20)12-6-8-13(9-7-12)19-10-14-16(21)24-18(3,4)25-17(14)22/h6-11,19H,5H2,1-4H3. The Bertz CT molecular complexity index is 683. The molecule has 0 saturated carbocycles. The van der Waals surface area contributed by atoms with Crippen LogP contribution in [0.5, 0.6) is 0 Å². The molecule has 0 aromatic heterocycles. The molecule has 1 aromatic rings. The highest BCUT2D eigenvalue weighted by atomic mass is 16.7. The lowest BCUT2D eigenvalue weighted by molar-refractivity contribution is -0.222. The van der Waals surface area contributed by atoms with Gasteiger partial charge in [0.05, 0.1) is 0 Å². The Morgan fingerprint density at radius 1 is 1.20 bits per heavy atom. The maximum atomic E-state index is 12.1. The number of hydrogen-bond acceptors (Lipinski definition) is 7. The number of esters is 2. The van der Waals surface area contributed by atoms with Gasteiger partial charge in [-0.1, -0.05) is 0 Å². The van der Waals surface area contributed by atoms with Gasteiger partial charge in [0, 0.05) is 37.9 Å². The van der Waals surface area contributed by atoms with Crippen LogP contribution in [0.15, 0.2) is 36.0 Å². The van der Waals surface area contributed by atoms with Crippen LogP contribution in [0.25, 0.3) is 0 Å². The van der Waals surface area contributed by atoms with Crippen LogP contribution in [0, 0.1) is 0 Å². The van der Waals surface area contributed by atoms with E-state index in [9.17, 15) is 14.4 Å². The predicted octanol–water partition coefficient (Wildman–Crippen LogP) is 2.43. The van der Waals surface area contributed by atoms with Gasteiger partial charge in [0.25, 0.3) is 5.79 Å². The molecule has 1 aliphatic rings. The van der Waals surface area contributed by atoms with Crippen LogP contribution in [0.1, 0.15) is 38.1 Å². The van der Waals surface area contributed by atoms with Crippen molar-refractivity contribution >= 4 is 23.4 Å². The number of benzene rings is 1. The van der Waals surface area contributed by atoms with E-state index < -0.39 is 23.8 Å². The van der Waals surface area contributed by atoms with Crippen molar-refractivity contribution in [2.24, 2.45) is 0 Å². The number of anilines is 1. The summed E-state index contributed by atoms with van der Waals surface area (Å²) in [5, 5.41) is 2.82. The fourth-order valence-corrected chi connectivity index (χ4v) is 2.23. The molecule has 2 rings (SSSR count). The van der Waals surface area contributed by atoms with E-state index in [0.29, 0.717) is 17.9 Å². The fraction of sp³-hybridized carbons (Fsp3) is 0.389. The summed E-state index contributed by atoms with van der Waals surface area (Å²) in [7, 11) is 0. The van der Waals surface area contributed by atoms with Crippen LogP contribution in [0.2, 0.25) is 0 Å². The average Bonchev–Trinajstić information content (AvgIpc) is 2.53. The fourth-order valence-electron chi connectivity index (χ4n) is 2.23. The monoisotopic (exact) mass is 347 g/mol. The van der Waals surface area contributed by atoms with E-state index >= 15 is 0 Å². The maximum absolute atomic E-state index is 12.1. The van der Waals surface area contributed by atoms with Gasteiger partial charge in [0.1, 0.15) is 6.10 Å². The van der Waals surface area contributed by atoms with Crippen LogP contribution in [0.3, 0.4) is 0 Å². The molecule has 0 radical (unpaired) electrons. The zero-order valence-corrected chi connectivity index (χ0v) is 14.6. The van der Waals surface area contributed by atoms with Gasteiger partial charge in [0.15, 0.2) is 11.4 Å². The molecule has 1 fully saturated rings. The maximum Gasteiger partial charge on any atom is 0.350 e. The molecule has 1 aliphatic heterocycles. The molecule has 0 aliphatic carbocycles. The van der Waals surface area contributed by atoms with Gasteiger partial charge < -0.3 is 19.5 Å². The Morgan fingerprint density at radius 2 is 1.76 bits per heavy atom. The number of rotatable bonds is 6. The number of carbonyl (C=O) groups excluding carboxylic acids is 3. The number of ketones is 1. The summed E-state index contributed by atoms with van der Waals surface area (Å²) in [6.45, 7) is 6.94. The Balaban J connectivity index is 2.05. The molecule has 1 N–H and O–H groups in total. The molecule has 7 heteroatoms. The summed E-state index contributed by atoms with van der Waals surface area (Å²) >= 11 is 0. The minimum absolute atomic E-state index is 0.117. The normalized spacial score (nSPS) is 17.4. The Kier molecular flexibility index (Phi) is 5.58. The van der Waals surface area contributed by atoms with E-state index in [2.05, 4.69) is 5.32 Å². The highest BCUT2D eigenvalue weighted by Gasteiger charge is 2.38. The van der Waals surface area contributed by atoms with Crippen molar-refractivity contribution in [2.75, 3.05) is 11.9 Å². The van der Waals surface area contributed by atoms with E-state index in [1.165, 1.54) is 20.0 Å². The molecule has 134 valence electrons. The number of Topliss-reactive ketones (excluding diaryl/α,β-unsaturated/α-hetero) is 1. The van der Waals surface area contributed by atoms with Gasteiger partial charge in [-0.3, -0.25) is 4.79 Å². The third-order valence-electron chi connectivity index (χ3n) is 3.46. The third kappa shape index (κ3) is 4.67. The van der Waals surface area contributed by atoms with E-state index in [1.54, 1.807) is 31.2 Å². The van der Waals surface area contributed by atoms with E-state index in [1.807, 2.05) is 6.92 Å². The minimum Gasteiger partial charge on any atom is -0.419 e. The van der Waals surface area contributed by atoms with Gasteiger partial charge in [-0.25, -0.2) is 9.59 Å². The molecule has 25 heavy (non-hydrogen) atoms. The molecule has 1 atom stereocenters. The highest BCUT2D eigenvalue weighted by molar-refractivity contribution is 6.15. The number of ether oxygens (including phenoxy) is 3. The zero-order valence-electron chi connectivity index (χ0n) is 14.6. The van der Waals surface area contributed by atoms with E-state index in [0.717, 1.165) is 0 Å². The van der Waals surface area contributed by atoms with Gasteiger partial charge in [-0.05, 0) is 38.1 Å². The smallest absolute Gasteiger partial charge is 0.350 e. The molecular weight excluding hydrogens is 326 g/mol. The summed E-state index contributed by atoms with van der Waals surface area (Å²) in [6.07, 6.45) is 0.709. The third-order valence-corrected chi connectivity index (χ3v) is 3.46. The van der Waals surface area contributed by atoms with Crippen molar-refractivity contribution in [3.05, 3.63) is 41.6 Å². The van der Waals surface area contributed by atoms with Gasteiger partial charge in [-0.2, -0.15) is 0 Å². The van der Waals surface area contributed by atoms with Gasteiger partial charge >= 0.3 is 11.9 Å². The summed E-state index contributed by atoms with van der Waals surface area (Å²) in [5.41, 5.74) is 0.875. The van der Waals surface area contributed by atoms with Crippen LogP contribution >= 0.6 is 0 Å². The second-order valence-corrected chi connectivity index (χ2v) is 5.92. The van der Waals surface area contributed by atoms with Crippen molar-refractivity contribution in [2.45, 2.75) is 39.6 Å². The SMILES string of the molecule is CCOC(C)C(=O)c1ccc(NC=C2C(=O)OC(C)(C)OC2=O)cc1. The lowest BCUT2D eigenvalue weighted by Gasteiger charge is -2.29. The van der Waals surface area contributed by atoms with E-state index in [4.69, 9.17) is 14.2 Å². The van der Waals surface area contributed by atoms with Crippen molar-refractivity contribution in [3.63, 3.8) is 0 Å². The second kappa shape index (κ2) is 7.48. The van der Waals surface area contributed by atoms with E-state index in [-0.39, 0.29) is 11.4 Å². The highest BCUT2D eigenvalue weighted by Crippen LogP contribution is 2.22. The molecule has 1 unspecified atom stereocenters. The first-order valence-electron chi connectivity index (χ1n) is 7.93. The van der Waals surface area contributed by atoms with Gasteiger partial charge in [-0.15, -0.1) is 0 Å². The lowest BCUT2D eigenvalue weighted by atomic mass is 10.1. The molecule has 0 bridgehead atoms. The Morgan fingerprint density at radius 3 is 2.28 bits per heavy atom. The first-order valence-corrected chi connectivity index (χ1v) is 7.93. The number of nitrogens with one attached hydrogen (secondary N) is 1. The Hall–Kier alpha value is -2.67. The van der Waals surface area contributed by atoms with Crippen molar-refractivity contribution in [1.82, 2.24) is 0 Å². The average molecular weight is 347 g/mol. The Labute approximate surface area is 145 Å². The van der Waals surface area contributed by atoms with Crippen molar-refractivity contribution in [1.29, 1.82) is 0 Å². The summed E-state index contributed by atoms with van der Waals surface area (Å²) < 4.78 is 15.3. The van der Waals surface area contributed by atoms with Crippen LogP contribution < -0.4 is 5.32 Å². The molecule has 1 heterocycles. The molecule has 1 aromatic carbocycles. The molecule has 7 nitrogen and oxygen atoms in total. The largest absolute Gasteiger partial charge is 0.419 e. The summed E-state index contributed by atoms with van der Waals surface area (Å²) in [6, 6.07) is 6.59.